The van der Waals surface area contributed by atoms with Crippen LogP contribution in [0.3, 0.4) is 0 Å². The lowest BCUT2D eigenvalue weighted by Crippen LogP contribution is -1.89. The highest BCUT2D eigenvalue weighted by Crippen LogP contribution is 2.22. The molecule has 0 radical (unpaired) electrons. The molecule has 0 aliphatic rings. The van der Waals surface area contributed by atoms with Gasteiger partial charge >= 0.3 is 0 Å². The Morgan fingerprint density at radius 2 is 1.80 bits per heavy atom. The van der Waals surface area contributed by atoms with Crippen LogP contribution in [0.4, 0.5) is 0 Å². The summed E-state index contributed by atoms with van der Waals surface area (Å²) in [7, 11) is 0. The lowest BCUT2D eigenvalue weighted by molar-refractivity contribution is 0.112. The van der Waals surface area contributed by atoms with Crippen LogP contribution in [0.2, 0.25) is 0 Å². The second-order valence-electron chi connectivity index (χ2n) is 3.47. The van der Waals surface area contributed by atoms with Crippen molar-refractivity contribution in [1.82, 2.24) is 0 Å². The van der Waals surface area contributed by atoms with Crippen molar-refractivity contribution in [3.05, 3.63) is 60.2 Å². The van der Waals surface area contributed by atoms with Gasteiger partial charge in [0.25, 0.3) is 0 Å². The number of hydrogen-bond acceptors (Lipinski definition) is 1. The summed E-state index contributed by atoms with van der Waals surface area (Å²) in [5.74, 6) is 0. The smallest absolute Gasteiger partial charge is 0.150 e. The van der Waals surface area contributed by atoms with Crippen LogP contribution in [0, 0.1) is 0 Å². The van der Waals surface area contributed by atoms with Gasteiger partial charge in [0.1, 0.15) is 0 Å². The lowest BCUT2D eigenvalue weighted by Gasteiger charge is -2.05. The Kier molecular flexibility index (Phi) is 2.64. The fourth-order valence-corrected chi connectivity index (χ4v) is 1.82. The summed E-state index contributed by atoms with van der Waals surface area (Å²) in [5, 5.41) is 2.16. The highest BCUT2D eigenvalue weighted by atomic mass is 16.1. The van der Waals surface area contributed by atoms with E-state index in [2.05, 4.69) is 6.58 Å². The topological polar surface area (TPSA) is 17.1 Å². The molecule has 2 rings (SSSR count). The number of carbonyl (C=O) groups is 1. The van der Waals surface area contributed by atoms with Crippen molar-refractivity contribution in [1.29, 1.82) is 0 Å². The van der Waals surface area contributed by atoms with E-state index in [1.54, 1.807) is 0 Å². The molecule has 0 heterocycles. The molecule has 1 nitrogen and oxygen atoms in total. The molecule has 2 aromatic carbocycles. The number of benzene rings is 2. The van der Waals surface area contributed by atoms with Gasteiger partial charge in [-0.2, -0.15) is 0 Å². The van der Waals surface area contributed by atoms with Gasteiger partial charge in [-0.05, 0) is 22.8 Å². The van der Waals surface area contributed by atoms with Crippen LogP contribution in [-0.4, -0.2) is 6.29 Å². The molecule has 0 spiro atoms. The summed E-state index contributed by atoms with van der Waals surface area (Å²) in [6.45, 7) is 3.74. The molecule has 15 heavy (non-hydrogen) atoms. The molecular formula is C14H12O. The lowest BCUT2D eigenvalue weighted by atomic mass is 9.98. The largest absolute Gasteiger partial charge is 0.298 e. The number of allylic oxidation sites excluding steroid dienone is 1. The highest BCUT2D eigenvalue weighted by Gasteiger charge is 2.03. The molecule has 0 amide bonds. The van der Waals surface area contributed by atoms with Crippen LogP contribution in [0.15, 0.2) is 49.1 Å². The first-order valence-corrected chi connectivity index (χ1v) is 4.93. The van der Waals surface area contributed by atoms with Crippen LogP contribution in [0.1, 0.15) is 15.9 Å². The molecule has 0 N–H and O–H groups in total. The van der Waals surface area contributed by atoms with Gasteiger partial charge in [-0.25, -0.2) is 0 Å². The molecule has 0 atom stereocenters. The van der Waals surface area contributed by atoms with Crippen molar-refractivity contribution in [3.8, 4) is 0 Å². The van der Waals surface area contributed by atoms with Gasteiger partial charge in [-0.1, -0.05) is 42.5 Å². The van der Waals surface area contributed by atoms with E-state index in [4.69, 9.17) is 0 Å². The maximum absolute atomic E-state index is 10.9. The maximum atomic E-state index is 10.9. The Morgan fingerprint density at radius 1 is 1.07 bits per heavy atom. The Balaban J connectivity index is 2.76. The molecule has 2 aromatic rings. The van der Waals surface area contributed by atoms with Crippen LogP contribution in [-0.2, 0) is 6.42 Å². The molecule has 0 aromatic heterocycles. The summed E-state index contributed by atoms with van der Waals surface area (Å²) in [4.78, 5) is 10.9. The first-order chi connectivity index (χ1) is 7.36. The molecule has 1 heteroatoms. The van der Waals surface area contributed by atoms with Crippen molar-refractivity contribution in [3.63, 3.8) is 0 Å². The molecule has 0 fully saturated rings. The molecule has 0 aliphatic carbocycles. The number of rotatable bonds is 3. The van der Waals surface area contributed by atoms with Crippen LogP contribution in [0.5, 0.6) is 0 Å². The Bertz CT molecular complexity index is 512. The molecule has 74 valence electrons. The summed E-state index contributed by atoms with van der Waals surface area (Å²) < 4.78 is 0. The molecule has 0 aliphatic heterocycles. The second kappa shape index (κ2) is 4.09. The third-order valence-electron chi connectivity index (χ3n) is 2.54. The number of aldehydes is 1. The minimum absolute atomic E-state index is 0.749. The number of fused-ring (bicyclic) bond motifs is 1. The van der Waals surface area contributed by atoms with E-state index in [-0.39, 0.29) is 0 Å². The van der Waals surface area contributed by atoms with Crippen molar-refractivity contribution in [2.45, 2.75) is 6.42 Å². The Hall–Kier alpha value is -1.89. The number of carbonyl (C=O) groups excluding carboxylic acids is 1. The van der Waals surface area contributed by atoms with E-state index in [1.165, 1.54) is 5.56 Å². The number of hydrogen-bond donors (Lipinski definition) is 0. The zero-order valence-electron chi connectivity index (χ0n) is 8.44. The van der Waals surface area contributed by atoms with Crippen molar-refractivity contribution in [2.75, 3.05) is 0 Å². The van der Waals surface area contributed by atoms with Gasteiger partial charge in [0.2, 0.25) is 0 Å². The average molecular weight is 196 g/mol. The molecule has 0 saturated carbocycles. The zero-order chi connectivity index (χ0) is 10.7. The van der Waals surface area contributed by atoms with E-state index in [0.717, 1.165) is 29.0 Å². The third-order valence-corrected chi connectivity index (χ3v) is 2.54. The maximum Gasteiger partial charge on any atom is 0.150 e. The predicted molar refractivity (Wildman–Crippen MR) is 63.2 cm³/mol. The van der Waals surface area contributed by atoms with Gasteiger partial charge in [-0.15, -0.1) is 6.58 Å². The van der Waals surface area contributed by atoms with Crippen LogP contribution < -0.4 is 0 Å². The first-order valence-electron chi connectivity index (χ1n) is 4.93. The van der Waals surface area contributed by atoms with Crippen LogP contribution in [0.25, 0.3) is 10.8 Å². The molecule has 0 unspecified atom stereocenters. The zero-order valence-corrected chi connectivity index (χ0v) is 8.44. The predicted octanol–water partition coefficient (Wildman–Crippen LogP) is 3.38. The van der Waals surface area contributed by atoms with Gasteiger partial charge < -0.3 is 0 Å². The van der Waals surface area contributed by atoms with Gasteiger partial charge in [0, 0.05) is 5.56 Å². The third kappa shape index (κ3) is 1.68. The van der Waals surface area contributed by atoms with E-state index in [0.29, 0.717) is 0 Å². The molecule has 0 saturated heterocycles. The van der Waals surface area contributed by atoms with Crippen molar-refractivity contribution < 1.29 is 4.79 Å². The summed E-state index contributed by atoms with van der Waals surface area (Å²) in [6, 6.07) is 11.8. The highest BCUT2D eigenvalue weighted by molar-refractivity contribution is 5.99. The quantitative estimate of drug-likeness (QED) is 0.543. The van der Waals surface area contributed by atoms with Gasteiger partial charge in [0.15, 0.2) is 6.29 Å². The van der Waals surface area contributed by atoms with Gasteiger partial charge in [0.05, 0.1) is 0 Å². The fraction of sp³-hybridized carbons (Fsp3) is 0.0714. The standard InChI is InChI=1S/C14H12O/c1-2-5-11-8-9-12(10-15)14-7-4-3-6-13(11)14/h2-4,6-10H,1,5H2. The Labute approximate surface area is 89.0 Å². The minimum Gasteiger partial charge on any atom is -0.298 e. The van der Waals surface area contributed by atoms with E-state index >= 15 is 0 Å². The van der Waals surface area contributed by atoms with Crippen molar-refractivity contribution in [2.24, 2.45) is 0 Å². The first kappa shape index (κ1) is 9.66. The summed E-state index contributed by atoms with van der Waals surface area (Å²) in [6.07, 6.45) is 3.61. The van der Waals surface area contributed by atoms with Crippen LogP contribution >= 0.6 is 0 Å². The van der Waals surface area contributed by atoms with E-state index < -0.39 is 0 Å². The second-order valence-corrected chi connectivity index (χ2v) is 3.47. The average Bonchev–Trinajstić information content (AvgIpc) is 2.30. The van der Waals surface area contributed by atoms with E-state index in [9.17, 15) is 4.79 Å². The van der Waals surface area contributed by atoms with Crippen molar-refractivity contribution >= 4 is 17.1 Å². The van der Waals surface area contributed by atoms with E-state index in [1.807, 2.05) is 42.5 Å². The van der Waals surface area contributed by atoms with Gasteiger partial charge in [-0.3, -0.25) is 4.79 Å². The summed E-state index contributed by atoms with van der Waals surface area (Å²) >= 11 is 0. The minimum atomic E-state index is 0.749. The molecular weight excluding hydrogens is 184 g/mol. The SMILES string of the molecule is C=CCc1ccc(C=O)c2ccccc12. The normalized spacial score (nSPS) is 10.1. The molecule has 0 bridgehead atoms. The summed E-state index contributed by atoms with van der Waals surface area (Å²) in [5.41, 5.74) is 1.96. The monoisotopic (exact) mass is 196 g/mol. The Morgan fingerprint density at radius 3 is 2.47 bits per heavy atom. The fourth-order valence-electron chi connectivity index (χ4n) is 1.82.